The average molecular weight is 244 g/mol. The Balaban J connectivity index is 1.70. The quantitative estimate of drug-likeness (QED) is 0.610. The van der Waals surface area contributed by atoms with Gasteiger partial charge in [0.1, 0.15) is 12.2 Å². The van der Waals surface area contributed by atoms with Gasteiger partial charge >= 0.3 is 0 Å². The van der Waals surface area contributed by atoms with Crippen molar-refractivity contribution in [3.63, 3.8) is 0 Å². The molecule has 2 aliphatic heterocycles. The number of epoxide rings is 2. The van der Waals surface area contributed by atoms with Gasteiger partial charge in [-0.2, -0.15) is 0 Å². The average Bonchev–Trinajstić information content (AvgIpc) is 3.05. The molecular weight excluding hydrogens is 220 g/mol. The van der Waals surface area contributed by atoms with E-state index in [0.717, 1.165) is 19.6 Å². The number of rotatable bonds is 8. The van der Waals surface area contributed by atoms with Crippen LogP contribution >= 0.6 is 0 Å². The van der Waals surface area contributed by atoms with E-state index in [1.54, 1.807) is 0 Å². The highest BCUT2D eigenvalue weighted by Gasteiger charge is 2.34. The van der Waals surface area contributed by atoms with Crippen molar-refractivity contribution in [1.29, 1.82) is 0 Å². The minimum absolute atomic E-state index is 0.181. The van der Waals surface area contributed by atoms with Crippen LogP contribution in [0, 0.1) is 0 Å². The van der Waals surface area contributed by atoms with Gasteiger partial charge in [0.25, 0.3) is 0 Å². The van der Waals surface area contributed by atoms with Crippen LogP contribution in [0.2, 0.25) is 0 Å². The Morgan fingerprint density at radius 1 is 0.882 bits per heavy atom. The van der Waals surface area contributed by atoms with Crippen LogP contribution < -0.4 is 0 Å². The Hall–Kier alpha value is -0.160. The highest BCUT2D eigenvalue weighted by molar-refractivity contribution is 4.83. The smallest absolute Gasteiger partial charge is 0.104 e. The first kappa shape index (κ1) is 13.3. The summed E-state index contributed by atoms with van der Waals surface area (Å²) in [5, 5.41) is 0. The maximum atomic E-state index is 5.88. The minimum atomic E-state index is -0.181. The van der Waals surface area contributed by atoms with Crippen LogP contribution in [-0.4, -0.2) is 49.8 Å². The lowest BCUT2D eigenvalue weighted by molar-refractivity contribution is -0.105. The Morgan fingerprint density at radius 2 is 1.24 bits per heavy atom. The third-order valence-electron chi connectivity index (χ3n) is 2.98. The summed E-state index contributed by atoms with van der Waals surface area (Å²) in [6.45, 7) is 11.5. The van der Waals surface area contributed by atoms with E-state index in [0.29, 0.717) is 25.4 Å². The van der Waals surface area contributed by atoms with Crippen LogP contribution in [0.25, 0.3) is 0 Å². The van der Waals surface area contributed by atoms with Crippen molar-refractivity contribution >= 4 is 0 Å². The summed E-state index contributed by atoms with van der Waals surface area (Å²) < 4.78 is 22.0. The van der Waals surface area contributed by atoms with Crippen LogP contribution in [0.4, 0.5) is 0 Å². The van der Waals surface area contributed by atoms with Crippen LogP contribution in [-0.2, 0) is 18.9 Å². The molecule has 0 saturated carbocycles. The molecule has 2 rings (SSSR count). The van der Waals surface area contributed by atoms with E-state index < -0.39 is 0 Å². The summed E-state index contributed by atoms with van der Waals surface area (Å²) in [5.41, 5.74) is -0.361. The zero-order valence-corrected chi connectivity index (χ0v) is 11.3. The molecule has 17 heavy (non-hydrogen) atoms. The molecule has 2 fully saturated rings. The van der Waals surface area contributed by atoms with E-state index in [-0.39, 0.29) is 11.2 Å². The number of hydrogen-bond acceptors (Lipinski definition) is 4. The molecule has 0 N–H and O–H groups in total. The van der Waals surface area contributed by atoms with E-state index >= 15 is 0 Å². The highest BCUT2D eigenvalue weighted by atomic mass is 16.6. The largest absolute Gasteiger partial charge is 0.373 e. The van der Waals surface area contributed by atoms with Gasteiger partial charge < -0.3 is 18.9 Å². The lowest BCUT2D eigenvalue weighted by Gasteiger charge is -2.34. The fraction of sp³-hybridized carbons (Fsp3) is 1.00. The molecule has 4 nitrogen and oxygen atoms in total. The van der Waals surface area contributed by atoms with Gasteiger partial charge in [0.05, 0.1) is 37.6 Å². The van der Waals surface area contributed by atoms with Gasteiger partial charge in [0.15, 0.2) is 0 Å². The lowest BCUT2D eigenvalue weighted by Crippen LogP contribution is -2.38. The summed E-state index contributed by atoms with van der Waals surface area (Å²) >= 11 is 0. The third kappa shape index (κ3) is 5.34. The molecule has 2 saturated heterocycles. The van der Waals surface area contributed by atoms with Gasteiger partial charge in [-0.25, -0.2) is 0 Å². The Labute approximate surface area is 104 Å². The van der Waals surface area contributed by atoms with Crippen molar-refractivity contribution < 1.29 is 18.9 Å². The summed E-state index contributed by atoms with van der Waals surface area (Å²) in [7, 11) is 0. The molecule has 0 aromatic carbocycles. The molecule has 2 aliphatic rings. The van der Waals surface area contributed by atoms with Crippen molar-refractivity contribution in [2.24, 2.45) is 0 Å². The molecule has 4 heteroatoms. The van der Waals surface area contributed by atoms with Crippen LogP contribution in [0.15, 0.2) is 0 Å². The SMILES string of the molecule is CC(C)(CC(C)(C)OCC1CO1)OCC1CO1. The monoisotopic (exact) mass is 244 g/mol. The van der Waals surface area contributed by atoms with Crippen molar-refractivity contribution in [2.45, 2.75) is 57.5 Å². The fourth-order valence-corrected chi connectivity index (χ4v) is 2.09. The highest BCUT2D eigenvalue weighted by Crippen LogP contribution is 2.28. The van der Waals surface area contributed by atoms with E-state index in [4.69, 9.17) is 18.9 Å². The zero-order chi connectivity index (χ0) is 12.5. The molecule has 0 radical (unpaired) electrons. The molecule has 2 heterocycles. The third-order valence-corrected chi connectivity index (χ3v) is 2.98. The first-order valence-electron chi connectivity index (χ1n) is 6.37. The van der Waals surface area contributed by atoms with Crippen molar-refractivity contribution in [3.8, 4) is 0 Å². The second-order valence-corrected chi connectivity index (χ2v) is 6.23. The molecule has 0 aliphatic carbocycles. The van der Waals surface area contributed by atoms with Gasteiger partial charge in [0, 0.05) is 6.42 Å². The Morgan fingerprint density at radius 3 is 1.53 bits per heavy atom. The summed E-state index contributed by atoms with van der Waals surface area (Å²) in [5.74, 6) is 0. The molecule has 0 aromatic rings. The van der Waals surface area contributed by atoms with E-state index in [2.05, 4.69) is 27.7 Å². The fourth-order valence-electron chi connectivity index (χ4n) is 2.09. The predicted octanol–water partition coefficient (Wildman–Crippen LogP) is 1.76. The topological polar surface area (TPSA) is 43.5 Å². The standard InChI is InChI=1S/C13H24O4/c1-12(2,16-7-10-5-14-10)9-13(3,4)17-8-11-6-15-11/h10-11H,5-9H2,1-4H3. The van der Waals surface area contributed by atoms with Crippen LogP contribution in [0.3, 0.4) is 0 Å². The molecule has 0 amide bonds. The molecular formula is C13H24O4. The first-order chi connectivity index (χ1) is 7.86. The summed E-state index contributed by atoms with van der Waals surface area (Å²) in [4.78, 5) is 0. The van der Waals surface area contributed by atoms with Crippen molar-refractivity contribution in [1.82, 2.24) is 0 Å². The first-order valence-corrected chi connectivity index (χ1v) is 6.37. The summed E-state index contributed by atoms with van der Waals surface area (Å²) in [6.07, 6.45) is 1.50. The summed E-state index contributed by atoms with van der Waals surface area (Å²) in [6, 6.07) is 0. The number of hydrogen-bond donors (Lipinski definition) is 0. The maximum absolute atomic E-state index is 5.88. The molecule has 2 atom stereocenters. The number of ether oxygens (including phenoxy) is 4. The van der Waals surface area contributed by atoms with E-state index in [1.165, 1.54) is 0 Å². The molecule has 0 bridgehead atoms. The van der Waals surface area contributed by atoms with Gasteiger partial charge in [-0.15, -0.1) is 0 Å². The normalized spacial score (nSPS) is 28.2. The molecule has 100 valence electrons. The van der Waals surface area contributed by atoms with Gasteiger partial charge in [0.2, 0.25) is 0 Å². The van der Waals surface area contributed by atoms with Gasteiger partial charge in [-0.3, -0.25) is 0 Å². The second kappa shape index (κ2) is 4.84. The Bertz CT molecular complexity index is 228. The molecule has 0 spiro atoms. The van der Waals surface area contributed by atoms with Gasteiger partial charge in [-0.1, -0.05) is 0 Å². The van der Waals surface area contributed by atoms with Crippen molar-refractivity contribution in [3.05, 3.63) is 0 Å². The van der Waals surface area contributed by atoms with Crippen LogP contribution in [0.1, 0.15) is 34.1 Å². The maximum Gasteiger partial charge on any atom is 0.104 e. The van der Waals surface area contributed by atoms with Gasteiger partial charge in [-0.05, 0) is 27.7 Å². The lowest BCUT2D eigenvalue weighted by atomic mass is 9.92. The molecule has 0 aromatic heterocycles. The predicted molar refractivity (Wildman–Crippen MR) is 64.2 cm³/mol. The van der Waals surface area contributed by atoms with E-state index in [9.17, 15) is 0 Å². The second-order valence-electron chi connectivity index (χ2n) is 6.23. The van der Waals surface area contributed by atoms with Crippen LogP contribution in [0.5, 0.6) is 0 Å². The minimum Gasteiger partial charge on any atom is -0.373 e. The zero-order valence-electron chi connectivity index (χ0n) is 11.3. The Kier molecular flexibility index (Phi) is 3.78. The van der Waals surface area contributed by atoms with Crippen molar-refractivity contribution in [2.75, 3.05) is 26.4 Å². The molecule has 2 unspecified atom stereocenters. The van der Waals surface area contributed by atoms with E-state index in [1.807, 2.05) is 0 Å².